The van der Waals surface area contributed by atoms with Crippen molar-refractivity contribution in [1.29, 1.82) is 0 Å². The molecule has 2 aliphatic heterocycles. The van der Waals surface area contributed by atoms with Gasteiger partial charge in [0.25, 0.3) is 0 Å². The van der Waals surface area contributed by atoms with Crippen molar-refractivity contribution < 1.29 is 14.6 Å². The van der Waals surface area contributed by atoms with Gasteiger partial charge in [0, 0.05) is 30.9 Å². The second kappa shape index (κ2) is 3.18. The quantitative estimate of drug-likeness (QED) is 0.713. The summed E-state index contributed by atoms with van der Waals surface area (Å²) in [5.74, 6) is 0. The summed E-state index contributed by atoms with van der Waals surface area (Å²) in [7, 11) is 0. The van der Waals surface area contributed by atoms with E-state index in [0.717, 1.165) is 17.5 Å². The molecule has 84 valence electrons. The van der Waals surface area contributed by atoms with E-state index in [1.165, 1.54) is 4.90 Å². The monoisotopic (exact) mass is 220 g/mol. The van der Waals surface area contributed by atoms with Gasteiger partial charge in [0.05, 0.1) is 13.2 Å². The summed E-state index contributed by atoms with van der Waals surface area (Å²) in [6, 6.07) is 1.94. The van der Waals surface area contributed by atoms with Crippen LogP contribution in [0.4, 0.5) is 4.79 Å². The number of hydrogen-bond acceptors (Lipinski definition) is 3. The van der Waals surface area contributed by atoms with Gasteiger partial charge in [-0.2, -0.15) is 0 Å². The second-order valence-corrected chi connectivity index (χ2v) is 4.27. The van der Waals surface area contributed by atoms with Crippen molar-refractivity contribution in [2.24, 2.45) is 0 Å². The average Bonchev–Trinajstić information content (AvgIpc) is 2.87. The number of amides is 1. The normalized spacial score (nSPS) is 27.4. The first-order valence-electron chi connectivity index (χ1n) is 5.26. The van der Waals surface area contributed by atoms with Gasteiger partial charge in [-0.25, -0.2) is 4.79 Å². The lowest BCUT2D eigenvalue weighted by Gasteiger charge is -2.23. The highest BCUT2D eigenvalue weighted by atomic mass is 16.5. The second-order valence-electron chi connectivity index (χ2n) is 4.27. The summed E-state index contributed by atoms with van der Waals surface area (Å²) >= 11 is 0. The maximum Gasteiger partial charge on any atom is 0.407 e. The van der Waals surface area contributed by atoms with E-state index < -0.39 is 11.7 Å². The summed E-state index contributed by atoms with van der Waals surface area (Å²) in [4.78, 5) is 16.4. The minimum absolute atomic E-state index is 0.420. The number of carbonyl (C=O) groups is 1. The standard InChI is InChI=1S/C11H12N2O3/c14-10(15)13-4-2-11(7-13)9-1-3-12-5-8(9)6-16-11/h1,3,5H,2,4,6-7H2,(H,14,15). The van der Waals surface area contributed by atoms with Gasteiger partial charge in [0.1, 0.15) is 5.60 Å². The van der Waals surface area contributed by atoms with Crippen LogP contribution in [-0.2, 0) is 16.9 Å². The van der Waals surface area contributed by atoms with Crippen molar-refractivity contribution in [3.63, 3.8) is 0 Å². The summed E-state index contributed by atoms with van der Waals surface area (Å²) in [6.07, 6.45) is 3.39. The van der Waals surface area contributed by atoms with Gasteiger partial charge >= 0.3 is 6.09 Å². The summed E-state index contributed by atoms with van der Waals surface area (Å²) in [5.41, 5.74) is 1.76. The number of pyridine rings is 1. The molecule has 0 saturated carbocycles. The SMILES string of the molecule is O=C(O)N1CCC2(C1)OCc1cnccc12. The van der Waals surface area contributed by atoms with Gasteiger partial charge in [-0.15, -0.1) is 0 Å². The Morgan fingerprint density at radius 3 is 3.25 bits per heavy atom. The van der Waals surface area contributed by atoms with E-state index in [1.54, 1.807) is 12.4 Å². The maximum atomic E-state index is 10.9. The van der Waals surface area contributed by atoms with Crippen LogP contribution in [0.1, 0.15) is 17.5 Å². The van der Waals surface area contributed by atoms with Crippen molar-refractivity contribution in [1.82, 2.24) is 9.88 Å². The zero-order valence-electron chi connectivity index (χ0n) is 8.72. The molecule has 1 spiro atoms. The molecule has 1 atom stereocenters. The van der Waals surface area contributed by atoms with Crippen LogP contribution in [0.3, 0.4) is 0 Å². The largest absolute Gasteiger partial charge is 0.465 e. The van der Waals surface area contributed by atoms with E-state index in [0.29, 0.717) is 19.7 Å². The van der Waals surface area contributed by atoms with Crippen molar-refractivity contribution in [2.45, 2.75) is 18.6 Å². The van der Waals surface area contributed by atoms with Gasteiger partial charge in [-0.3, -0.25) is 4.98 Å². The predicted molar refractivity (Wildman–Crippen MR) is 54.9 cm³/mol. The third-order valence-electron chi connectivity index (χ3n) is 3.40. The molecule has 0 aliphatic carbocycles. The lowest BCUT2D eigenvalue weighted by Crippen LogP contribution is -2.33. The fraction of sp³-hybridized carbons (Fsp3) is 0.455. The van der Waals surface area contributed by atoms with Gasteiger partial charge in [0.15, 0.2) is 0 Å². The van der Waals surface area contributed by atoms with Gasteiger partial charge in [0.2, 0.25) is 0 Å². The fourth-order valence-corrected chi connectivity index (χ4v) is 2.56. The Morgan fingerprint density at radius 2 is 2.50 bits per heavy atom. The number of hydrogen-bond donors (Lipinski definition) is 1. The molecule has 1 fully saturated rings. The smallest absolute Gasteiger partial charge is 0.407 e. The molecule has 0 bridgehead atoms. The number of likely N-dealkylation sites (tertiary alicyclic amines) is 1. The molecular weight excluding hydrogens is 208 g/mol. The summed E-state index contributed by atoms with van der Waals surface area (Å²) in [6.45, 7) is 1.51. The van der Waals surface area contributed by atoms with Crippen LogP contribution < -0.4 is 0 Å². The van der Waals surface area contributed by atoms with Gasteiger partial charge < -0.3 is 14.7 Å². The van der Waals surface area contributed by atoms with E-state index in [4.69, 9.17) is 9.84 Å². The predicted octanol–water partition coefficient (Wildman–Crippen LogP) is 1.19. The molecule has 1 aromatic heterocycles. The minimum Gasteiger partial charge on any atom is -0.465 e. The van der Waals surface area contributed by atoms with E-state index >= 15 is 0 Å². The van der Waals surface area contributed by atoms with Crippen molar-refractivity contribution >= 4 is 6.09 Å². The third kappa shape index (κ3) is 1.21. The van der Waals surface area contributed by atoms with Crippen molar-refractivity contribution in [2.75, 3.05) is 13.1 Å². The molecule has 5 nitrogen and oxygen atoms in total. The molecular formula is C11H12N2O3. The fourth-order valence-electron chi connectivity index (χ4n) is 2.56. The van der Waals surface area contributed by atoms with Crippen molar-refractivity contribution in [3.8, 4) is 0 Å². The van der Waals surface area contributed by atoms with E-state index in [1.807, 2.05) is 6.07 Å². The molecule has 1 amide bonds. The van der Waals surface area contributed by atoms with Gasteiger partial charge in [-0.05, 0) is 11.6 Å². The molecule has 1 N–H and O–H groups in total. The number of nitrogens with zero attached hydrogens (tertiary/aromatic N) is 2. The lowest BCUT2D eigenvalue weighted by atomic mass is 9.93. The summed E-state index contributed by atoms with van der Waals surface area (Å²) in [5, 5.41) is 8.96. The van der Waals surface area contributed by atoms with Crippen LogP contribution in [0.15, 0.2) is 18.5 Å². The highest BCUT2D eigenvalue weighted by Crippen LogP contribution is 2.42. The molecule has 3 rings (SSSR count). The Bertz CT molecular complexity index is 449. The number of rotatable bonds is 0. The molecule has 1 aromatic rings. The summed E-state index contributed by atoms with van der Waals surface area (Å²) < 4.78 is 5.81. The van der Waals surface area contributed by atoms with Crippen LogP contribution in [0.2, 0.25) is 0 Å². The zero-order valence-corrected chi connectivity index (χ0v) is 8.72. The Morgan fingerprint density at radius 1 is 1.62 bits per heavy atom. The van der Waals surface area contributed by atoms with Crippen LogP contribution >= 0.6 is 0 Å². The third-order valence-corrected chi connectivity index (χ3v) is 3.40. The first-order chi connectivity index (χ1) is 7.71. The van der Waals surface area contributed by atoms with Crippen LogP contribution in [0.25, 0.3) is 0 Å². The maximum absolute atomic E-state index is 10.9. The lowest BCUT2D eigenvalue weighted by molar-refractivity contribution is -0.0284. The number of carboxylic acid groups (broad SMARTS) is 1. The first kappa shape index (κ1) is 9.59. The van der Waals surface area contributed by atoms with Crippen LogP contribution in [-0.4, -0.2) is 34.2 Å². The molecule has 16 heavy (non-hydrogen) atoms. The molecule has 3 heterocycles. The highest BCUT2D eigenvalue weighted by molar-refractivity contribution is 5.65. The van der Waals surface area contributed by atoms with E-state index in [-0.39, 0.29) is 0 Å². The topological polar surface area (TPSA) is 62.7 Å². The van der Waals surface area contributed by atoms with Crippen LogP contribution in [0.5, 0.6) is 0 Å². The Hall–Kier alpha value is -1.62. The highest BCUT2D eigenvalue weighted by Gasteiger charge is 2.46. The van der Waals surface area contributed by atoms with Crippen molar-refractivity contribution in [3.05, 3.63) is 29.6 Å². The van der Waals surface area contributed by atoms with Gasteiger partial charge in [-0.1, -0.05) is 0 Å². The molecule has 0 radical (unpaired) electrons. The zero-order chi connectivity index (χ0) is 11.2. The Kier molecular flexibility index (Phi) is 1.91. The molecule has 0 aromatic carbocycles. The molecule has 2 aliphatic rings. The average molecular weight is 220 g/mol. The number of ether oxygens (including phenoxy) is 1. The molecule has 5 heteroatoms. The number of aromatic nitrogens is 1. The van der Waals surface area contributed by atoms with E-state index in [2.05, 4.69) is 4.98 Å². The first-order valence-corrected chi connectivity index (χ1v) is 5.26. The Labute approximate surface area is 92.7 Å². The Balaban J connectivity index is 1.95. The number of fused-ring (bicyclic) bond motifs is 2. The molecule has 1 saturated heterocycles. The van der Waals surface area contributed by atoms with E-state index in [9.17, 15) is 4.79 Å². The van der Waals surface area contributed by atoms with Crippen LogP contribution in [0, 0.1) is 0 Å². The minimum atomic E-state index is -0.872. The molecule has 1 unspecified atom stereocenters.